The lowest BCUT2D eigenvalue weighted by Gasteiger charge is -2.25. The largest absolute Gasteiger partial charge is 0.466 e. The third kappa shape index (κ3) is 3.42. The summed E-state index contributed by atoms with van der Waals surface area (Å²) >= 11 is 0. The molecular formula is C16H14F3NO4. The first kappa shape index (κ1) is 17.6. The topological polar surface area (TPSA) is 64.6 Å². The highest BCUT2D eigenvalue weighted by Crippen LogP contribution is 2.37. The van der Waals surface area contributed by atoms with Gasteiger partial charge in [0, 0.05) is 12.4 Å². The van der Waals surface area contributed by atoms with Crippen LogP contribution in [0.2, 0.25) is 0 Å². The van der Waals surface area contributed by atoms with E-state index in [-0.39, 0.29) is 16.7 Å². The van der Waals surface area contributed by atoms with E-state index < -0.39 is 29.6 Å². The van der Waals surface area contributed by atoms with Crippen LogP contribution in [0.15, 0.2) is 47.8 Å². The minimum atomic E-state index is -4.55. The molecule has 0 radical (unpaired) electrons. The van der Waals surface area contributed by atoms with Crippen LogP contribution in [0.1, 0.15) is 17.0 Å². The molecule has 0 bridgehead atoms. The van der Waals surface area contributed by atoms with Crippen molar-refractivity contribution in [2.75, 3.05) is 14.2 Å². The molecule has 0 fully saturated rings. The number of halogens is 3. The number of rotatable bonds is 3. The molecule has 0 atom stereocenters. The van der Waals surface area contributed by atoms with Crippen LogP contribution < -0.4 is 5.32 Å². The molecule has 1 aromatic rings. The van der Waals surface area contributed by atoms with Gasteiger partial charge in [0.2, 0.25) is 0 Å². The molecule has 1 aliphatic rings. The Hall–Kier alpha value is -2.77. The monoisotopic (exact) mass is 341 g/mol. The van der Waals surface area contributed by atoms with E-state index in [1.807, 2.05) is 0 Å². The molecule has 0 saturated carbocycles. The van der Waals surface area contributed by atoms with Gasteiger partial charge in [-0.25, -0.2) is 9.59 Å². The average Bonchev–Trinajstić information content (AvgIpc) is 2.59. The summed E-state index contributed by atoms with van der Waals surface area (Å²) in [5.41, 5.74) is -0.758. The van der Waals surface area contributed by atoms with E-state index in [0.29, 0.717) is 0 Å². The second-order valence-electron chi connectivity index (χ2n) is 4.91. The predicted molar refractivity (Wildman–Crippen MR) is 77.5 cm³/mol. The van der Waals surface area contributed by atoms with Gasteiger partial charge in [0.1, 0.15) is 0 Å². The molecule has 1 aromatic carbocycles. The Kier molecular flexibility index (Phi) is 4.96. The summed E-state index contributed by atoms with van der Waals surface area (Å²) in [6.45, 7) is 0. The molecule has 0 amide bonds. The number of hydrogen-bond acceptors (Lipinski definition) is 5. The molecule has 24 heavy (non-hydrogen) atoms. The molecule has 1 N–H and O–H groups in total. The van der Waals surface area contributed by atoms with E-state index in [9.17, 15) is 22.8 Å². The van der Waals surface area contributed by atoms with Gasteiger partial charge in [0.15, 0.2) is 0 Å². The molecule has 1 aliphatic heterocycles. The quantitative estimate of drug-likeness (QED) is 0.856. The molecule has 128 valence electrons. The van der Waals surface area contributed by atoms with E-state index in [0.717, 1.165) is 26.4 Å². The number of benzene rings is 1. The summed E-state index contributed by atoms with van der Waals surface area (Å²) in [4.78, 5) is 23.9. The molecule has 0 spiro atoms. The van der Waals surface area contributed by atoms with E-state index in [1.54, 1.807) is 0 Å². The summed E-state index contributed by atoms with van der Waals surface area (Å²) in [5, 5.41) is 2.61. The Morgan fingerprint density at radius 3 is 2.04 bits per heavy atom. The molecule has 1 heterocycles. The average molecular weight is 341 g/mol. The molecule has 2 rings (SSSR count). The number of dihydropyridines is 1. The smallest absolute Gasteiger partial charge is 0.416 e. The fraction of sp³-hybridized carbons (Fsp3) is 0.250. The van der Waals surface area contributed by atoms with Gasteiger partial charge >= 0.3 is 18.1 Å². The van der Waals surface area contributed by atoms with Crippen LogP contribution >= 0.6 is 0 Å². The van der Waals surface area contributed by atoms with E-state index in [4.69, 9.17) is 0 Å². The number of esters is 2. The van der Waals surface area contributed by atoms with Crippen LogP contribution in [-0.4, -0.2) is 26.2 Å². The first-order valence-corrected chi connectivity index (χ1v) is 6.79. The van der Waals surface area contributed by atoms with Gasteiger partial charge in [0.25, 0.3) is 0 Å². The molecular weight excluding hydrogens is 327 g/mol. The van der Waals surface area contributed by atoms with Crippen molar-refractivity contribution in [1.82, 2.24) is 5.32 Å². The number of ether oxygens (including phenoxy) is 2. The van der Waals surface area contributed by atoms with Crippen molar-refractivity contribution in [3.05, 3.63) is 58.9 Å². The molecule has 0 aliphatic carbocycles. The normalized spacial score (nSPS) is 15.0. The van der Waals surface area contributed by atoms with Gasteiger partial charge in [-0.15, -0.1) is 0 Å². The summed E-state index contributed by atoms with van der Waals surface area (Å²) in [6, 6.07) is 4.42. The number of carbonyl (C=O) groups is 2. The van der Waals surface area contributed by atoms with Gasteiger partial charge in [-0.3, -0.25) is 0 Å². The fourth-order valence-electron chi connectivity index (χ4n) is 2.40. The predicted octanol–water partition coefficient (Wildman–Crippen LogP) is 2.51. The van der Waals surface area contributed by atoms with Crippen molar-refractivity contribution in [3.8, 4) is 0 Å². The first-order chi connectivity index (χ1) is 11.3. The zero-order chi connectivity index (χ0) is 17.9. The minimum absolute atomic E-state index is 0.000255. The SMILES string of the molecule is COC(=O)C1=CNC=C(C(=O)OC)C1c1cccc(C(F)(F)F)c1. The standard InChI is InChI=1S/C16H14F3NO4/c1-23-14(21)11-7-20-8-12(15(22)24-2)13(11)9-4-3-5-10(6-9)16(17,18)19/h3-8,13,20H,1-2H3. The van der Waals surface area contributed by atoms with Crippen molar-refractivity contribution in [2.45, 2.75) is 12.1 Å². The number of hydrogen-bond donors (Lipinski definition) is 1. The summed E-state index contributed by atoms with van der Waals surface area (Å²) in [6.07, 6.45) is -1.99. The summed E-state index contributed by atoms with van der Waals surface area (Å²) in [7, 11) is 2.28. The van der Waals surface area contributed by atoms with Crippen molar-refractivity contribution >= 4 is 11.9 Å². The molecule has 0 aromatic heterocycles. The minimum Gasteiger partial charge on any atom is -0.466 e. The highest BCUT2D eigenvalue weighted by molar-refractivity contribution is 5.98. The Balaban J connectivity index is 2.56. The van der Waals surface area contributed by atoms with Crippen LogP contribution in [0.25, 0.3) is 0 Å². The maximum Gasteiger partial charge on any atom is 0.416 e. The lowest BCUT2D eigenvalue weighted by Crippen LogP contribution is -2.26. The highest BCUT2D eigenvalue weighted by atomic mass is 19.4. The van der Waals surface area contributed by atoms with Crippen molar-refractivity contribution < 1.29 is 32.2 Å². The lowest BCUT2D eigenvalue weighted by molar-refractivity contribution is -0.138. The number of methoxy groups -OCH3 is 2. The van der Waals surface area contributed by atoms with E-state index in [2.05, 4.69) is 14.8 Å². The van der Waals surface area contributed by atoms with Crippen LogP contribution in [0.3, 0.4) is 0 Å². The van der Waals surface area contributed by atoms with Crippen LogP contribution in [0, 0.1) is 0 Å². The summed E-state index contributed by atoms with van der Waals surface area (Å²) < 4.78 is 48.2. The first-order valence-electron chi connectivity index (χ1n) is 6.79. The van der Waals surface area contributed by atoms with E-state index >= 15 is 0 Å². The van der Waals surface area contributed by atoms with Gasteiger partial charge in [-0.05, 0) is 11.6 Å². The Bertz CT molecular complexity index is 690. The number of alkyl halides is 3. The fourth-order valence-corrected chi connectivity index (χ4v) is 2.40. The van der Waals surface area contributed by atoms with Crippen LogP contribution in [0.5, 0.6) is 0 Å². The number of carbonyl (C=O) groups excluding carboxylic acids is 2. The third-order valence-corrected chi connectivity index (χ3v) is 3.49. The Labute approximate surface area is 135 Å². The lowest BCUT2D eigenvalue weighted by atomic mass is 9.83. The maximum atomic E-state index is 13.0. The number of nitrogens with one attached hydrogen (secondary N) is 1. The maximum absolute atomic E-state index is 13.0. The Morgan fingerprint density at radius 2 is 1.58 bits per heavy atom. The third-order valence-electron chi connectivity index (χ3n) is 3.49. The zero-order valence-corrected chi connectivity index (χ0v) is 12.8. The zero-order valence-electron chi connectivity index (χ0n) is 12.8. The van der Waals surface area contributed by atoms with Crippen molar-refractivity contribution in [3.63, 3.8) is 0 Å². The second kappa shape index (κ2) is 6.77. The Morgan fingerprint density at radius 1 is 1.04 bits per heavy atom. The van der Waals surface area contributed by atoms with Gasteiger partial charge < -0.3 is 14.8 Å². The van der Waals surface area contributed by atoms with Gasteiger partial charge in [-0.1, -0.05) is 18.2 Å². The molecule has 8 heteroatoms. The van der Waals surface area contributed by atoms with Crippen LogP contribution in [-0.2, 0) is 25.2 Å². The van der Waals surface area contributed by atoms with Gasteiger partial charge in [0.05, 0.1) is 36.8 Å². The molecule has 0 unspecified atom stereocenters. The second-order valence-corrected chi connectivity index (χ2v) is 4.91. The molecule has 5 nitrogen and oxygen atoms in total. The van der Waals surface area contributed by atoms with Gasteiger partial charge in [-0.2, -0.15) is 13.2 Å². The van der Waals surface area contributed by atoms with E-state index in [1.165, 1.54) is 24.5 Å². The van der Waals surface area contributed by atoms with Crippen molar-refractivity contribution in [1.29, 1.82) is 0 Å². The highest BCUT2D eigenvalue weighted by Gasteiger charge is 2.36. The summed E-state index contributed by atoms with van der Waals surface area (Å²) in [5.74, 6) is -2.56. The van der Waals surface area contributed by atoms with Crippen molar-refractivity contribution in [2.24, 2.45) is 0 Å². The molecule has 0 saturated heterocycles. The van der Waals surface area contributed by atoms with Crippen LogP contribution in [0.4, 0.5) is 13.2 Å².